The summed E-state index contributed by atoms with van der Waals surface area (Å²) < 4.78 is 0. The zero-order valence-electron chi connectivity index (χ0n) is 10.9. The number of carbonyl (C=O) groups excluding carboxylic acids is 1. The Labute approximate surface area is 102 Å². The topological polar surface area (TPSA) is 118 Å². The molecule has 2 unspecified atom stereocenters. The fourth-order valence-corrected chi connectivity index (χ4v) is 2.06. The third kappa shape index (κ3) is 5.14. The van der Waals surface area contributed by atoms with Crippen molar-refractivity contribution in [3.05, 3.63) is 0 Å². The number of aliphatic carboxylic acids is 1. The van der Waals surface area contributed by atoms with Crippen molar-refractivity contribution in [1.29, 1.82) is 0 Å². The van der Waals surface area contributed by atoms with Gasteiger partial charge in [0.15, 0.2) is 0 Å². The standard InChI is InChI=1S/C11H23N3O3/c1-10(2,6-11(3,13)14-4)7(9(16)17)5-8(12)15/h7,14H,5-6,13H2,1-4H3,(H2,12,15)(H,16,17). The Morgan fingerprint density at radius 1 is 1.35 bits per heavy atom. The van der Waals surface area contributed by atoms with E-state index in [0.29, 0.717) is 6.42 Å². The molecule has 100 valence electrons. The first-order valence-electron chi connectivity index (χ1n) is 5.51. The van der Waals surface area contributed by atoms with E-state index in [1.807, 2.05) is 0 Å². The predicted octanol–water partition coefficient (Wildman–Crippen LogP) is -0.127. The number of primary amides is 1. The fraction of sp³-hybridized carbons (Fsp3) is 0.818. The van der Waals surface area contributed by atoms with Crippen LogP contribution in [0.1, 0.15) is 33.6 Å². The van der Waals surface area contributed by atoms with Gasteiger partial charge in [-0.05, 0) is 25.8 Å². The van der Waals surface area contributed by atoms with Crippen LogP contribution in [0.5, 0.6) is 0 Å². The van der Waals surface area contributed by atoms with Gasteiger partial charge in [-0.15, -0.1) is 0 Å². The van der Waals surface area contributed by atoms with Crippen molar-refractivity contribution in [2.75, 3.05) is 7.05 Å². The third-order valence-electron chi connectivity index (χ3n) is 3.04. The van der Waals surface area contributed by atoms with Gasteiger partial charge in [0.1, 0.15) is 0 Å². The van der Waals surface area contributed by atoms with E-state index in [0.717, 1.165) is 0 Å². The molecule has 1 amide bonds. The maximum absolute atomic E-state index is 11.2. The molecule has 0 saturated carbocycles. The molecule has 0 bridgehead atoms. The van der Waals surface area contributed by atoms with Crippen LogP contribution in [0, 0.1) is 11.3 Å². The average Bonchev–Trinajstić information content (AvgIpc) is 2.11. The quantitative estimate of drug-likeness (QED) is 0.466. The van der Waals surface area contributed by atoms with Gasteiger partial charge >= 0.3 is 5.97 Å². The summed E-state index contributed by atoms with van der Waals surface area (Å²) >= 11 is 0. The van der Waals surface area contributed by atoms with Crippen LogP contribution < -0.4 is 16.8 Å². The molecule has 6 nitrogen and oxygen atoms in total. The Morgan fingerprint density at radius 3 is 2.12 bits per heavy atom. The highest BCUT2D eigenvalue weighted by molar-refractivity contribution is 5.81. The molecule has 0 spiro atoms. The van der Waals surface area contributed by atoms with Gasteiger partial charge in [0.05, 0.1) is 11.6 Å². The summed E-state index contributed by atoms with van der Waals surface area (Å²) in [5.74, 6) is -2.48. The monoisotopic (exact) mass is 245 g/mol. The van der Waals surface area contributed by atoms with Crippen LogP contribution in [0.4, 0.5) is 0 Å². The maximum Gasteiger partial charge on any atom is 0.307 e. The molecule has 0 aromatic heterocycles. The highest BCUT2D eigenvalue weighted by Gasteiger charge is 2.40. The minimum atomic E-state index is -1.03. The lowest BCUT2D eigenvalue weighted by Crippen LogP contribution is -2.53. The SMILES string of the molecule is CNC(C)(N)CC(C)(C)C(CC(N)=O)C(=O)O. The molecule has 17 heavy (non-hydrogen) atoms. The van der Waals surface area contributed by atoms with Crippen molar-refractivity contribution in [1.82, 2.24) is 5.32 Å². The first-order valence-corrected chi connectivity index (χ1v) is 5.51. The number of amides is 1. The van der Waals surface area contributed by atoms with Crippen molar-refractivity contribution < 1.29 is 14.7 Å². The first kappa shape index (κ1) is 15.9. The van der Waals surface area contributed by atoms with Gasteiger partial charge < -0.3 is 21.9 Å². The van der Waals surface area contributed by atoms with Crippen LogP contribution in [0.25, 0.3) is 0 Å². The predicted molar refractivity (Wildman–Crippen MR) is 65.0 cm³/mol. The van der Waals surface area contributed by atoms with E-state index in [4.69, 9.17) is 16.6 Å². The number of hydrogen-bond donors (Lipinski definition) is 4. The number of nitrogens with one attached hydrogen (secondary N) is 1. The van der Waals surface area contributed by atoms with Crippen LogP contribution in [0.2, 0.25) is 0 Å². The van der Waals surface area contributed by atoms with Gasteiger partial charge in [-0.2, -0.15) is 0 Å². The molecule has 0 saturated heterocycles. The van der Waals surface area contributed by atoms with E-state index >= 15 is 0 Å². The number of carboxylic acids is 1. The Hall–Kier alpha value is -1.14. The number of rotatable bonds is 7. The normalized spacial score (nSPS) is 17.2. The first-order chi connectivity index (χ1) is 7.52. The Morgan fingerprint density at radius 2 is 1.82 bits per heavy atom. The van der Waals surface area contributed by atoms with Gasteiger partial charge in [0.25, 0.3) is 0 Å². The van der Waals surface area contributed by atoms with Crippen LogP contribution in [-0.4, -0.2) is 29.7 Å². The van der Waals surface area contributed by atoms with Crippen molar-refractivity contribution in [3.63, 3.8) is 0 Å². The second-order valence-corrected chi connectivity index (χ2v) is 5.39. The van der Waals surface area contributed by atoms with Crippen LogP contribution in [-0.2, 0) is 9.59 Å². The van der Waals surface area contributed by atoms with Gasteiger partial charge in [-0.1, -0.05) is 13.8 Å². The third-order valence-corrected chi connectivity index (χ3v) is 3.04. The molecule has 0 radical (unpaired) electrons. The Bertz CT molecular complexity index is 300. The summed E-state index contributed by atoms with van der Waals surface area (Å²) in [6.07, 6.45) is 0.239. The molecule has 0 aliphatic rings. The van der Waals surface area contributed by atoms with E-state index < -0.39 is 28.9 Å². The fourth-order valence-electron chi connectivity index (χ4n) is 2.06. The van der Waals surface area contributed by atoms with Crippen molar-refractivity contribution >= 4 is 11.9 Å². The van der Waals surface area contributed by atoms with E-state index in [1.54, 1.807) is 27.8 Å². The highest BCUT2D eigenvalue weighted by atomic mass is 16.4. The van der Waals surface area contributed by atoms with Crippen LogP contribution >= 0.6 is 0 Å². The maximum atomic E-state index is 11.2. The molecule has 0 aliphatic heterocycles. The van der Waals surface area contributed by atoms with E-state index in [-0.39, 0.29) is 6.42 Å². The number of carboxylic acid groups (broad SMARTS) is 1. The molecule has 0 aromatic rings. The number of carbonyl (C=O) groups is 2. The molecule has 0 aromatic carbocycles. The molecular formula is C11H23N3O3. The molecule has 0 heterocycles. The molecule has 6 heteroatoms. The van der Waals surface area contributed by atoms with Crippen LogP contribution in [0.3, 0.4) is 0 Å². The average molecular weight is 245 g/mol. The van der Waals surface area contributed by atoms with E-state index in [2.05, 4.69) is 5.32 Å². The van der Waals surface area contributed by atoms with Gasteiger partial charge in [-0.3, -0.25) is 9.59 Å². The number of nitrogens with two attached hydrogens (primary N) is 2. The van der Waals surface area contributed by atoms with Gasteiger partial charge in [0.2, 0.25) is 5.91 Å². The number of hydrogen-bond acceptors (Lipinski definition) is 4. The zero-order chi connectivity index (χ0) is 13.9. The van der Waals surface area contributed by atoms with Gasteiger partial charge in [0, 0.05) is 6.42 Å². The molecular weight excluding hydrogens is 222 g/mol. The minimum Gasteiger partial charge on any atom is -0.481 e. The lowest BCUT2D eigenvalue weighted by molar-refractivity contribution is -0.148. The van der Waals surface area contributed by atoms with E-state index in [1.165, 1.54) is 0 Å². The zero-order valence-corrected chi connectivity index (χ0v) is 10.9. The van der Waals surface area contributed by atoms with Crippen molar-refractivity contribution in [2.45, 2.75) is 39.3 Å². The summed E-state index contributed by atoms with van der Waals surface area (Å²) in [5, 5.41) is 12.1. The molecule has 2 atom stereocenters. The smallest absolute Gasteiger partial charge is 0.307 e. The second-order valence-electron chi connectivity index (χ2n) is 5.39. The highest BCUT2D eigenvalue weighted by Crippen LogP contribution is 2.36. The summed E-state index contributed by atoms with van der Waals surface area (Å²) in [6.45, 7) is 5.33. The van der Waals surface area contributed by atoms with Gasteiger partial charge in [-0.25, -0.2) is 0 Å². The lowest BCUT2D eigenvalue weighted by Gasteiger charge is -2.38. The van der Waals surface area contributed by atoms with Crippen LogP contribution in [0.15, 0.2) is 0 Å². The van der Waals surface area contributed by atoms with Crippen molar-refractivity contribution in [2.24, 2.45) is 22.8 Å². The summed E-state index contributed by atoms with van der Waals surface area (Å²) in [6, 6.07) is 0. The second kappa shape index (κ2) is 5.46. The summed E-state index contributed by atoms with van der Waals surface area (Å²) in [4.78, 5) is 22.1. The molecule has 6 N–H and O–H groups in total. The Kier molecular flexibility index (Phi) is 5.10. The lowest BCUT2D eigenvalue weighted by atomic mass is 9.71. The molecule has 0 rings (SSSR count). The molecule has 0 fully saturated rings. The summed E-state index contributed by atoms with van der Waals surface area (Å²) in [7, 11) is 1.71. The van der Waals surface area contributed by atoms with Crippen molar-refractivity contribution in [3.8, 4) is 0 Å². The minimum absolute atomic E-state index is 0.178. The largest absolute Gasteiger partial charge is 0.481 e. The Balaban J connectivity index is 4.95. The molecule has 0 aliphatic carbocycles. The van der Waals surface area contributed by atoms with E-state index in [9.17, 15) is 9.59 Å². The summed E-state index contributed by atoms with van der Waals surface area (Å²) in [5.41, 5.74) is 9.71.